The number of carbonyl (C=O) groups is 2. The molecule has 0 aromatic heterocycles. The Morgan fingerprint density at radius 1 is 1.00 bits per heavy atom. The highest BCUT2D eigenvalue weighted by molar-refractivity contribution is 7.92. The van der Waals surface area contributed by atoms with Gasteiger partial charge in [0.1, 0.15) is 24.1 Å². The average molecular weight is 546 g/mol. The number of rotatable bonds is 12. The van der Waals surface area contributed by atoms with Gasteiger partial charge in [-0.25, -0.2) is 8.42 Å². The Balaban J connectivity index is 1.93. The minimum Gasteiger partial charge on any atom is -0.497 e. The molecule has 1 saturated carbocycles. The number of hydrogen-bond acceptors (Lipinski definition) is 6. The zero-order valence-electron chi connectivity index (χ0n) is 22.7. The van der Waals surface area contributed by atoms with Crippen LogP contribution in [0.5, 0.6) is 11.5 Å². The first-order valence-corrected chi connectivity index (χ1v) is 14.9. The second kappa shape index (κ2) is 13.5. The summed E-state index contributed by atoms with van der Waals surface area (Å²) in [5, 5.41) is 3.14. The zero-order valence-corrected chi connectivity index (χ0v) is 23.5. The molecule has 208 valence electrons. The third-order valence-corrected chi connectivity index (χ3v) is 8.01. The largest absolute Gasteiger partial charge is 0.497 e. The molecule has 0 radical (unpaired) electrons. The number of para-hydroxylation sites is 2. The van der Waals surface area contributed by atoms with E-state index < -0.39 is 28.5 Å². The number of nitrogens with zero attached hydrogens (tertiary/aromatic N) is 2. The van der Waals surface area contributed by atoms with E-state index in [2.05, 4.69) is 5.32 Å². The van der Waals surface area contributed by atoms with Crippen LogP contribution >= 0.6 is 0 Å². The standard InChI is InChI=1S/C28H39N3O6S/c1-5-24(28(33)29-22-11-7-6-8-12-22)30(19-21-15-17-23(36-2)18-16-21)27(32)20-31(38(4,34)35)25-13-9-10-14-26(25)37-3/h9-10,13-18,22,24H,5-8,11-12,19-20H2,1-4H3,(H,29,33)/t24-/m0/s1. The molecule has 1 aliphatic carbocycles. The summed E-state index contributed by atoms with van der Waals surface area (Å²) in [7, 11) is -0.829. The van der Waals surface area contributed by atoms with Crippen LogP contribution in [0.1, 0.15) is 51.0 Å². The van der Waals surface area contributed by atoms with E-state index in [1.807, 2.05) is 19.1 Å². The quantitative estimate of drug-likeness (QED) is 0.436. The fraction of sp³-hybridized carbons (Fsp3) is 0.500. The van der Waals surface area contributed by atoms with Gasteiger partial charge in [-0.1, -0.05) is 50.5 Å². The maximum Gasteiger partial charge on any atom is 0.244 e. The van der Waals surface area contributed by atoms with Gasteiger partial charge in [0.15, 0.2) is 0 Å². The van der Waals surface area contributed by atoms with Crippen molar-refractivity contribution in [2.24, 2.45) is 0 Å². The molecule has 1 fully saturated rings. The van der Waals surface area contributed by atoms with Crippen molar-refractivity contribution in [2.45, 2.75) is 64.1 Å². The lowest BCUT2D eigenvalue weighted by Gasteiger charge is -2.34. The third-order valence-electron chi connectivity index (χ3n) is 6.88. The molecule has 0 heterocycles. The van der Waals surface area contributed by atoms with E-state index in [1.54, 1.807) is 43.5 Å². The number of anilines is 1. The van der Waals surface area contributed by atoms with Gasteiger partial charge in [-0.05, 0) is 49.1 Å². The molecule has 0 saturated heterocycles. The van der Waals surface area contributed by atoms with Crippen molar-refractivity contribution in [2.75, 3.05) is 31.3 Å². The van der Waals surface area contributed by atoms with Gasteiger partial charge < -0.3 is 19.7 Å². The van der Waals surface area contributed by atoms with E-state index in [0.29, 0.717) is 17.9 Å². The van der Waals surface area contributed by atoms with Crippen LogP contribution in [0.3, 0.4) is 0 Å². The first-order chi connectivity index (χ1) is 18.2. The smallest absolute Gasteiger partial charge is 0.244 e. The van der Waals surface area contributed by atoms with Gasteiger partial charge in [-0.2, -0.15) is 0 Å². The maximum atomic E-state index is 13.9. The summed E-state index contributed by atoms with van der Waals surface area (Å²) in [5.41, 5.74) is 1.06. The van der Waals surface area contributed by atoms with Gasteiger partial charge in [-0.15, -0.1) is 0 Å². The van der Waals surface area contributed by atoms with Crippen molar-refractivity contribution in [1.29, 1.82) is 0 Å². The number of amides is 2. The lowest BCUT2D eigenvalue weighted by molar-refractivity contribution is -0.140. The molecule has 0 aliphatic heterocycles. The van der Waals surface area contributed by atoms with Crippen molar-refractivity contribution in [3.8, 4) is 11.5 Å². The molecule has 2 aromatic carbocycles. The van der Waals surface area contributed by atoms with Crippen LogP contribution in [0.4, 0.5) is 5.69 Å². The molecular formula is C28H39N3O6S. The second-order valence-electron chi connectivity index (χ2n) is 9.58. The Morgan fingerprint density at radius 3 is 2.24 bits per heavy atom. The van der Waals surface area contributed by atoms with Crippen molar-refractivity contribution in [1.82, 2.24) is 10.2 Å². The SMILES string of the molecule is CC[C@@H](C(=O)NC1CCCCC1)N(Cc1ccc(OC)cc1)C(=O)CN(c1ccccc1OC)S(C)(=O)=O. The first kappa shape index (κ1) is 29.3. The lowest BCUT2D eigenvalue weighted by Crippen LogP contribution is -2.54. The van der Waals surface area contributed by atoms with Crippen LogP contribution in [0.2, 0.25) is 0 Å². The summed E-state index contributed by atoms with van der Waals surface area (Å²) >= 11 is 0. The van der Waals surface area contributed by atoms with Gasteiger partial charge in [0.2, 0.25) is 21.8 Å². The van der Waals surface area contributed by atoms with Gasteiger partial charge in [0.25, 0.3) is 0 Å². The minimum atomic E-state index is -3.85. The normalized spacial score (nSPS) is 14.8. The van der Waals surface area contributed by atoms with E-state index >= 15 is 0 Å². The highest BCUT2D eigenvalue weighted by Gasteiger charge is 2.33. The van der Waals surface area contributed by atoms with Crippen LogP contribution < -0.4 is 19.1 Å². The fourth-order valence-corrected chi connectivity index (χ4v) is 5.68. The summed E-state index contributed by atoms with van der Waals surface area (Å²) in [6.07, 6.45) is 6.57. The number of ether oxygens (including phenoxy) is 2. The van der Waals surface area contributed by atoms with E-state index in [4.69, 9.17) is 9.47 Å². The molecule has 9 nitrogen and oxygen atoms in total. The maximum absolute atomic E-state index is 13.9. The number of carbonyl (C=O) groups excluding carboxylic acids is 2. The van der Waals surface area contributed by atoms with Gasteiger partial charge in [-0.3, -0.25) is 13.9 Å². The molecule has 2 amide bonds. The first-order valence-electron chi connectivity index (χ1n) is 13.0. The Bertz CT molecular complexity index is 1180. The molecule has 0 spiro atoms. The number of nitrogens with one attached hydrogen (secondary N) is 1. The molecular weight excluding hydrogens is 506 g/mol. The van der Waals surface area contributed by atoms with Crippen molar-refractivity contribution in [3.05, 3.63) is 54.1 Å². The molecule has 10 heteroatoms. The summed E-state index contributed by atoms with van der Waals surface area (Å²) in [5.74, 6) is 0.301. The Hall–Kier alpha value is -3.27. The monoisotopic (exact) mass is 545 g/mol. The Morgan fingerprint density at radius 2 is 1.66 bits per heavy atom. The minimum absolute atomic E-state index is 0.0873. The van der Waals surface area contributed by atoms with Gasteiger partial charge >= 0.3 is 0 Å². The average Bonchev–Trinajstić information content (AvgIpc) is 2.91. The zero-order chi connectivity index (χ0) is 27.7. The molecule has 2 aromatic rings. The van der Waals surface area contributed by atoms with Crippen LogP contribution in [-0.2, 0) is 26.2 Å². The van der Waals surface area contributed by atoms with E-state index in [-0.39, 0.29) is 24.2 Å². The fourth-order valence-electron chi connectivity index (χ4n) is 4.82. The highest BCUT2D eigenvalue weighted by Crippen LogP contribution is 2.30. The summed E-state index contributed by atoms with van der Waals surface area (Å²) in [6.45, 7) is 1.53. The molecule has 0 unspecified atom stereocenters. The molecule has 1 N–H and O–H groups in total. The second-order valence-corrected chi connectivity index (χ2v) is 11.5. The summed E-state index contributed by atoms with van der Waals surface area (Å²) in [6, 6.07) is 13.2. The summed E-state index contributed by atoms with van der Waals surface area (Å²) < 4.78 is 37.3. The molecule has 38 heavy (non-hydrogen) atoms. The van der Waals surface area contributed by atoms with E-state index in [1.165, 1.54) is 12.0 Å². The van der Waals surface area contributed by atoms with Crippen LogP contribution in [0, 0.1) is 0 Å². The van der Waals surface area contributed by atoms with Crippen LogP contribution in [0.15, 0.2) is 48.5 Å². The molecule has 1 aliphatic rings. The van der Waals surface area contributed by atoms with Crippen LogP contribution in [-0.4, -0.2) is 64.2 Å². The molecule has 1 atom stereocenters. The number of hydrogen-bond donors (Lipinski definition) is 1. The lowest BCUT2D eigenvalue weighted by atomic mass is 9.95. The Labute approximate surface area is 226 Å². The molecule has 3 rings (SSSR count). The van der Waals surface area contributed by atoms with E-state index in [0.717, 1.165) is 48.2 Å². The van der Waals surface area contributed by atoms with Crippen molar-refractivity contribution >= 4 is 27.5 Å². The topological polar surface area (TPSA) is 105 Å². The van der Waals surface area contributed by atoms with Crippen molar-refractivity contribution in [3.63, 3.8) is 0 Å². The number of sulfonamides is 1. The van der Waals surface area contributed by atoms with E-state index in [9.17, 15) is 18.0 Å². The highest BCUT2D eigenvalue weighted by atomic mass is 32.2. The number of methoxy groups -OCH3 is 2. The van der Waals surface area contributed by atoms with Crippen LogP contribution in [0.25, 0.3) is 0 Å². The predicted octanol–water partition coefficient (Wildman–Crippen LogP) is 3.73. The Kier molecular flexibility index (Phi) is 10.4. The van der Waals surface area contributed by atoms with Gasteiger partial charge in [0, 0.05) is 12.6 Å². The predicted molar refractivity (Wildman–Crippen MR) is 148 cm³/mol. The third kappa shape index (κ3) is 7.63. The number of benzene rings is 2. The van der Waals surface area contributed by atoms with Crippen molar-refractivity contribution < 1.29 is 27.5 Å². The molecule has 0 bridgehead atoms. The summed E-state index contributed by atoms with van der Waals surface area (Å²) in [4.78, 5) is 28.8. The van der Waals surface area contributed by atoms with Gasteiger partial charge in [0.05, 0.1) is 26.2 Å².